The van der Waals surface area contributed by atoms with E-state index in [4.69, 9.17) is 4.42 Å². The molecule has 0 bridgehead atoms. The number of anilines is 1. The number of carbonyl (C=O) groups excluding carboxylic acids is 3. The zero-order chi connectivity index (χ0) is 23.2. The van der Waals surface area contributed by atoms with E-state index in [9.17, 15) is 14.4 Å². The second-order valence-electron chi connectivity index (χ2n) is 8.12. The van der Waals surface area contributed by atoms with Crippen molar-refractivity contribution in [2.45, 2.75) is 44.7 Å². The summed E-state index contributed by atoms with van der Waals surface area (Å²) in [4.78, 5) is 41.7. The maximum absolute atomic E-state index is 13.6. The SMILES string of the molecule is Cc1ccccc1N(C(=O)CNC(=O)c1ccco1)[C@H](C(=O)NC1CCCC1)c1cccs1. The molecule has 2 N–H and O–H groups in total. The minimum Gasteiger partial charge on any atom is -0.459 e. The quantitative estimate of drug-likeness (QED) is 0.521. The van der Waals surface area contributed by atoms with E-state index in [1.807, 2.05) is 48.7 Å². The fourth-order valence-corrected chi connectivity index (χ4v) is 4.97. The van der Waals surface area contributed by atoms with Gasteiger partial charge in [-0.1, -0.05) is 37.1 Å². The van der Waals surface area contributed by atoms with E-state index in [1.165, 1.54) is 28.6 Å². The van der Waals surface area contributed by atoms with Gasteiger partial charge in [0.15, 0.2) is 5.76 Å². The highest BCUT2D eigenvalue weighted by atomic mass is 32.1. The van der Waals surface area contributed by atoms with Gasteiger partial charge in [-0.2, -0.15) is 0 Å². The molecule has 172 valence electrons. The lowest BCUT2D eigenvalue weighted by molar-refractivity contribution is -0.126. The van der Waals surface area contributed by atoms with E-state index >= 15 is 0 Å². The Balaban J connectivity index is 1.65. The van der Waals surface area contributed by atoms with Gasteiger partial charge in [0.05, 0.1) is 12.8 Å². The van der Waals surface area contributed by atoms with E-state index in [0.717, 1.165) is 36.1 Å². The number of carbonyl (C=O) groups is 3. The molecule has 33 heavy (non-hydrogen) atoms. The van der Waals surface area contributed by atoms with Crippen molar-refractivity contribution in [3.05, 3.63) is 76.4 Å². The summed E-state index contributed by atoms with van der Waals surface area (Å²) in [6.45, 7) is 1.63. The fraction of sp³-hybridized carbons (Fsp3) is 0.320. The average Bonchev–Trinajstić information content (AvgIpc) is 3.59. The van der Waals surface area contributed by atoms with Crippen LogP contribution in [0.25, 0.3) is 0 Å². The Hall–Kier alpha value is -3.39. The van der Waals surface area contributed by atoms with Crippen molar-refractivity contribution in [3.8, 4) is 0 Å². The Morgan fingerprint density at radius 1 is 1.09 bits per heavy atom. The first kappa shape index (κ1) is 22.8. The van der Waals surface area contributed by atoms with Crippen LogP contribution in [-0.2, 0) is 9.59 Å². The zero-order valence-electron chi connectivity index (χ0n) is 18.5. The Morgan fingerprint density at radius 3 is 2.55 bits per heavy atom. The van der Waals surface area contributed by atoms with Gasteiger partial charge in [0.2, 0.25) is 11.8 Å². The van der Waals surface area contributed by atoms with Gasteiger partial charge in [0.25, 0.3) is 5.91 Å². The lowest BCUT2D eigenvalue weighted by atomic mass is 10.1. The molecule has 0 spiro atoms. The molecule has 0 aliphatic heterocycles. The standard InChI is InChI=1S/C25H27N3O4S/c1-17-8-2-5-11-19(17)28(22(29)16-26-24(30)20-12-6-14-32-20)23(21-13-7-15-33-21)25(31)27-18-9-3-4-10-18/h2,5-8,11-15,18,23H,3-4,9-10,16H2,1H3,(H,26,30)(H,27,31)/t23-/m0/s1. The molecule has 3 amide bonds. The van der Waals surface area contributed by atoms with Crippen LogP contribution in [0.2, 0.25) is 0 Å². The van der Waals surface area contributed by atoms with Crippen molar-refractivity contribution in [2.75, 3.05) is 11.4 Å². The minimum atomic E-state index is -0.834. The van der Waals surface area contributed by atoms with Crippen LogP contribution in [0.4, 0.5) is 5.69 Å². The number of furan rings is 1. The van der Waals surface area contributed by atoms with E-state index in [0.29, 0.717) is 5.69 Å². The number of hydrogen-bond acceptors (Lipinski definition) is 5. The van der Waals surface area contributed by atoms with Crippen LogP contribution in [0.15, 0.2) is 64.6 Å². The molecule has 2 aromatic heterocycles. The van der Waals surface area contributed by atoms with E-state index in [-0.39, 0.29) is 30.2 Å². The molecule has 0 radical (unpaired) electrons. The number of hydrogen-bond donors (Lipinski definition) is 2. The summed E-state index contributed by atoms with van der Waals surface area (Å²) in [7, 11) is 0. The first-order valence-electron chi connectivity index (χ1n) is 11.1. The summed E-state index contributed by atoms with van der Waals surface area (Å²) < 4.78 is 5.11. The maximum atomic E-state index is 13.6. The third kappa shape index (κ3) is 5.34. The normalized spacial score (nSPS) is 14.6. The summed E-state index contributed by atoms with van der Waals surface area (Å²) in [5.74, 6) is -0.956. The van der Waals surface area contributed by atoms with Crippen LogP contribution in [0.3, 0.4) is 0 Å². The number of nitrogens with one attached hydrogen (secondary N) is 2. The molecular weight excluding hydrogens is 438 g/mol. The Kier molecular flexibility index (Phi) is 7.24. The predicted octanol–water partition coefficient (Wildman–Crippen LogP) is 4.21. The van der Waals surface area contributed by atoms with Crippen molar-refractivity contribution >= 4 is 34.7 Å². The van der Waals surface area contributed by atoms with Gasteiger partial charge in [0.1, 0.15) is 6.04 Å². The average molecular weight is 466 g/mol. The molecule has 1 aromatic carbocycles. The molecule has 1 atom stereocenters. The highest BCUT2D eigenvalue weighted by molar-refractivity contribution is 7.10. The second-order valence-corrected chi connectivity index (χ2v) is 9.10. The molecule has 1 aliphatic rings. The largest absolute Gasteiger partial charge is 0.459 e. The first-order valence-corrected chi connectivity index (χ1v) is 12.0. The lowest BCUT2D eigenvalue weighted by Gasteiger charge is -2.32. The third-order valence-electron chi connectivity index (χ3n) is 5.81. The molecule has 1 fully saturated rings. The molecule has 0 unspecified atom stereocenters. The molecular formula is C25H27N3O4S. The number of rotatable bonds is 8. The van der Waals surface area contributed by atoms with Crippen LogP contribution in [0, 0.1) is 6.92 Å². The monoisotopic (exact) mass is 465 g/mol. The Morgan fingerprint density at radius 2 is 1.88 bits per heavy atom. The van der Waals surface area contributed by atoms with Crippen molar-refractivity contribution in [1.82, 2.24) is 10.6 Å². The fourth-order valence-electron chi connectivity index (χ4n) is 4.16. The molecule has 8 heteroatoms. The molecule has 1 saturated carbocycles. The first-order chi connectivity index (χ1) is 16.0. The number of amides is 3. The van der Waals surface area contributed by atoms with E-state index in [1.54, 1.807) is 6.07 Å². The molecule has 2 heterocycles. The van der Waals surface area contributed by atoms with Crippen LogP contribution in [0.1, 0.15) is 52.7 Å². The van der Waals surface area contributed by atoms with Crippen LogP contribution >= 0.6 is 11.3 Å². The molecule has 1 aliphatic carbocycles. The van der Waals surface area contributed by atoms with Gasteiger partial charge in [-0.3, -0.25) is 19.3 Å². The predicted molar refractivity (Wildman–Crippen MR) is 127 cm³/mol. The third-order valence-corrected chi connectivity index (χ3v) is 6.73. The highest BCUT2D eigenvalue weighted by Crippen LogP contribution is 2.33. The molecule has 7 nitrogen and oxygen atoms in total. The van der Waals surface area contributed by atoms with Crippen LogP contribution in [0.5, 0.6) is 0 Å². The van der Waals surface area contributed by atoms with Crippen molar-refractivity contribution < 1.29 is 18.8 Å². The van der Waals surface area contributed by atoms with Gasteiger partial charge in [-0.15, -0.1) is 11.3 Å². The Bertz CT molecular complexity index is 1090. The summed E-state index contributed by atoms with van der Waals surface area (Å²) in [6, 6.07) is 13.6. The summed E-state index contributed by atoms with van der Waals surface area (Å²) >= 11 is 1.43. The summed E-state index contributed by atoms with van der Waals surface area (Å²) in [5, 5.41) is 7.66. The van der Waals surface area contributed by atoms with Crippen LogP contribution < -0.4 is 15.5 Å². The van der Waals surface area contributed by atoms with Crippen molar-refractivity contribution in [1.29, 1.82) is 0 Å². The smallest absolute Gasteiger partial charge is 0.287 e. The minimum absolute atomic E-state index is 0.118. The van der Waals surface area contributed by atoms with Crippen molar-refractivity contribution in [3.63, 3.8) is 0 Å². The second kappa shape index (κ2) is 10.5. The van der Waals surface area contributed by atoms with Crippen molar-refractivity contribution in [2.24, 2.45) is 0 Å². The number of benzene rings is 1. The maximum Gasteiger partial charge on any atom is 0.287 e. The molecule has 4 rings (SSSR count). The number of thiophene rings is 1. The zero-order valence-corrected chi connectivity index (χ0v) is 19.3. The highest BCUT2D eigenvalue weighted by Gasteiger charge is 2.35. The topological polar surface area (TPSA) is 91.7 Å². The molecule has 3 aromatic rings. The number of para-hydroxylation sites is 1. The summed E-state index contributed by atoms with van der Waals surface area (Å²) in [6.07, 6.45) is 5.47. The lowest BCUT2D eigenvalue weighted by Crippen LogP contribution is -2.49. The van der Waals surface area contributed by atoms with Gasteiger partial charge in [-0.05, 0) is 55.0 Å². The van der Waals surface area contributed by atoms with Gasteiger partial charge in [0, 0.05) is 16.6 Å². The summed E-state index contributed by atoms with van der Waals surface area (Å²) in [5.41, 5.74) is 1.49. The Labute approximate surface area is 196 Å². The number of nitrogens with zero attached hydrogens (tertiary/aromatic N) is 1. The molecule has 0 saturated heterocycles. The number of aryl methyl sites for hydroxylation is 1. The van der Waals surface area contributed by atoms with E-state index in [2.05, 4.69) is 10.6 Å². The van der Waals surface area contributed by atoms with Gasteiger partial charge < -0.3 is 15.1 Å². The van der Waals surface area contributed by atoms with Crippen LogP contribution in [-0.4, -0.2) is 30.3 Å². The van der Waals surface area contributed by atoms with Gasteiger partial charge in [-0.25, -0.2) is 0 Å². The van der Waals surface area contributed by atoms with E-state index < -0.39 is 11.9 Å². The van der Waals surface area contributed by atoms with Gasteiger partial charge >= 0.3 is 0 Å².